The fourth-order valence-corrected chi connectivity index (χ4v) is 2.71. The Morgan fingerprint density at radius 2 is 1.75 bits per heavy atom. The lowest BCUT2D eigenvalue weighted by Gasteiger charge is -2.21. The third-order valence-electron chi connectivity index (χ3n) is 4.03. The van der Waals surface area contributed by atoms with Gasteiger partial charge in [0.05, 0.1) is 18.7 Å². The molecule has 0 amide bonds. The number of ether oxygens (including phenoxy) is 4. The first-order valence-corrected chi connectivity index (χ1v) is 7.87. The molecule has 2 aromatic rings. The molecule has 0 aliphatic carbocycles. The fraction of sp³-hybridized carbons (Fsp3) is 0.471. The number of methoxy groups -OCH3 is 2. The second kappa shape index (κ2) is 7.65. The Hall–Kier alpha value is -2.09. The number of hydrogen-bond donors (Lipinski definition) is 1. The van der Waals surface area contributed by atoms with Gasteiger partial charge in [-0.3, -0.25) is 9.69 Å². The SMILES string of the molecule is COCCN(CCOC)Cc1cc2cc3c(cc2[nH]c1=O)OCO3. The summed E-state index contributed by atoms with van der Waals surface area (Å²) in [6.45, 7) is 3.43. The lowest BCUT2D eigenvalue weighted by atomic mass is 10.1. The number of H-pyrrole nitrogens is 1. The summed E-state index contributed by atoms with van der Waals surface area (Å²) in [7, 11) is 3.33. The number of fused-ring (bicyclic) bond motifs is 2. The predicted octanol–water partition coefficient (Wildman–Crippen LogP) is 1.35. The van der Waals surface area contributed by atoms with Gasteiger partial charge in [0, 0.05) is 50.9 Å². The van der Waals surface area contributed by atoms with Crippen LogP contribution in [0.15, 0.2) is 23.0 Å². The largest absolute Gasteiger partial charge is 0.454 e. The van der Waals surface area contributed by atoms with E-state index in [0.29, 0.717) is 36.8 Å². The third-order valence-corrected chi connectivity index (χ3v) is 4.03. The molecule has 0 atom stereocenters. The van der Waals surface area contributed by atoms with Crippen LogP contribution >= 0.6 is 0 Å². The zero-order chi connectivity index (χ0) is 16.9. The maximum Gasteiger partial charge on any atom is 0.252 e. The number of pyridine rings is 1. The Morgan fingerprint density at radius 1 is 1.08 bits per heavy atom. The van der Waals surface area contributed by atoms with E-state index in [1.54, 1.807) is 20.3 Å². The first kappa shape index (κ1) is 16.8. The molecule has 1 aliphatic rings. The van der Waals surface area contributed by atoms with Crippen molar-refractivity contribution in [2.24, 2.45) is 0 Å². The zero-order valence-electron chi connectivity index (χ0n) is 14.0. The predicted molar refractivity (Wildman–Crippen MR) is 89.7 cm³/mol. The van der Waals surface area contributed by atoms with Crippen LogP contribution in [0.2, 0.25) is 0 Å². The monoisotopic (exact) mass is 334 g/mol. The van der Waals surface area contributed by atoms with E-state index in [2.05, 4.69) is 9.88 Å². The average Bonchev–Trinajstić information content (AvgIpc) is 3.03. The Kier molecular flexibility index (Phi) is 5.34. The lowest BCUT2D eigenvalue weighted by Crippen LogP contribution is -2.32. The molecule has 0 fully saturated rings. The van der Waals surface area contributed by atoms with E-state index in [9.17, 15) is 4.79 Å². The molecular weight excluding hydrogens is 312 g/mol. The number of hydrogen-bond acceptors (Lipinski definition) is 6. The summed E-state index contributed by atoms with van der Waals surface area (Å²) < 4.78 is 21.0. The van der Waals surface area contributed by atoms with E-state index < -0.39 is 0 Å². The third kappa shape index (κ3) is 3.69. The van der Waals surface area contributed by atoms with Gasteiger partial charge in [0.1, 0.15) is 0 Å². The van der Waals surface area contributed by atoms with Crippen LogP contribution in [0, 0.1) is 0 Å². The van der Waals surface area contributed by atoms with Crippen LogP contribution in [0.5, 0.6) is 11.5 Å². The van der Waals surface area contributed by atoms with Crippen LogP contribution in [-0.2, 0) is 16.0 Å². The summed E-state index contributed by atoms with van der Waals surface area (Å²) in [6, 6.07) is 5.60. The Morgan fingerprint density at radius 3 is 2.42 bits per heavy atom. The van der Waals surface area contributed by atoms with Crippen molar-refractivity contribution in [2.75, 3.05) is 47.3 Å². The number of benzene rings is 1. The van der Waals surface area contributed by atoms with Crippen molar-refractivity contribution in [1.82, 2.24) is 9.88 Å². The van der Waals surface area contributed by atoms with Crippen molar-refractivity contribution in [3.8, 4) is 11.5 Å². The van der Waals surface area contributed by atoms with Gasteiger partial charge in [0.15, 0.2) is 11.5 Å². The molecule has 1 N–H and O–H groups in total. The van der Waals surface area contributed by atoms with E-state index in [1.807, 2.05) is 12.1 Å². The van der Waals surface area contributed by atoms with Gasteiger partial charge in [-0.25, -0.2) is 0 Å². The lowest BCUT2D eigenvalue weighted by molar-refractivity contribution is 0.110. The number of nitrogens with zero attached hydrogens (tertiary/aromatic N) is 1. The normalized spacial score (nSPS) is 13.1. The van der Waals surface area contributed by atoms with E-state index in [-0.39, 0.29) is 12.4 Å². The second-order valence-electron chi connectivity index (χ2n) is 5.68. The maximum atomic E-state index is 12.4. The Bertz CT molecular complexity index is 750. The summed E-state index contributed by atoms with van der Waals surface area (Å²) in [5, 5.41) is 0.923. The van der Waals surface area contributed by atoms with Gasteiger partial charge in [-0.2, -0.15) is 0 Å². The summed E-state index contributed by atoms with van der Waals surface area (Å²) in [4.78, 5) is 17.5. The van der Waals surface area contributed by atoms with Gasteiger partial charge in [-0.05, 0) is 12.1 Å². The van der Waals surface area contributed by atoms with E-state index in [0.717, 1.165) is 24.0 Å². The number of nitrogens with one attached hydrogen (secondary N) is 1. The molecule has 1 aromatic heterocycles. The highest BCUT2D eigenvalue weighted by Crippen LogP contribution is 2.35. The van der Waals surface area contributed by atoms with Crippen molar-refractivity contribution < 1.29 is 18.9 Å². The molecule has 2 heterocycles. The minimum atomic E-state index is -0.0961. The van der Waals surface area contributed by atoms with E-state index >= 15 is 0 Å². The summed E-state index contributed by atoms with van der Waals surface area (Å²) in [5.74, 6) is 1.36. The molecule has 0 saturated heterocycles. The molecule has 0 unspecified atom stereocenters. The highest BCUT2D eigenvalue weighted by Gasteiger charge is 2.16. The molecule has 0 spiro atoms. The van der Waals surface area contributed by atoms with Gasteiger partial charge < -0.3 is 23.9 Å². The number of rotatable bonds is 8. The molecule has 0 saturated carbocycles. The van der Waals surface area contributed by atoms with E-state index in [1.165, 1.54) is 0 Å². The van der Waals surface area contributed by atoms with Crippen LogP contribution in [-0.4, -0.2) is 57.2 Å². The van der Waals surface area contributed by atoms with Crippen LogP contribution in [0.25, 0.3) is 10.9 Å². The molecule has 7 heteroatoms. The first-order valence-electron chi connectivity index (χ1n) is 7.87. The molecule has 24 heavy (non-hydrogen) atoms. The topological polar surface area (TPSA) is 73.0 Å². The molecule has 0 radical (unpaired) electrons. The first-order chi connectivity index (χ1) is 11.7. The molecular formula is C17H22N2O5. The van der Waals surface area contributed by atoms with Crippen molar-refractivity contribution >= 4 is 10.9 Å². The summed E-state index contributed by atoms with van der Waals surface area (Å²) >= 11 is 0. The molecule has 130 valence electrons. The van der Waals surface area contributed by atoms with Gasteiger partial charge in [-0.1, -0.05) is 0 Å². The van der Waals surface area contributed by atoms with Crippen LogP contribution < -0.4 is 15.0 Å². The minimum Gasteiger partial charge on any atom is -0.454 e. The van der Waals surface area contributed by atoms with E-state index in [4.69, 9.17) is 18.9 Å². The molecule has 1 aromatic carbocycles. The summed E-state index contributed by atoms with van der Waals surface area (Å²) in [5.41, 5.74) is 1.35. The van der Waals surface area contributed by atoms with Crippen molar-refractivity contribution in [1.29, 1.82) is 0 Å². The van der Waals surface area contributed by atoms with Crippen LogP contribution in [0.1, 0.15) is 5.56 Å². The van der Waals surface area contributed by atoms with Gasteiger partial charge in [0.2, 0.25) is 6.79 Å². The minimum absolute atomic E-state index is 0.0961. The van der Waals surface area contributed by atoms with Gasteiger partial charge >= 0.3 is 0 Å². The average molecular weight is 334 g/mol. The van der Waals surface area contributed by atoms with Crippen molar-refractivity contribution in [3.05, 3.63) is 34.1 Å². The smallest absolute Gasteiger partial charge is 0.252 e. The van der Waals surface area contributed by atoms with Gasteiger partial charge in [0.25, 0.3) is 5.56 Å². The van der Waals surface area contributed by atoms with Gasteiger partial charge in [-0.15, -0.1) is 0 Å². The Labute approximate surface area is 140 Å². The number of aromatic amines is 1. The summed E-state index contributed by atoms with van der Waals surface area (Å²) in [6.07, 6.45) is 0. The quantitative estimate of drug-likeness (QED) is 0.786. The maximum absolute atomic E-state index is 12.4. The molecule has 0 bridgehead atoms. The van der Waals surface area contributed by atoms with Crippen molar-refractivity contribution in [2.45, 2.75) is 6.54 Å². The standard InChI is InChI=1S/C17H22N2O5/c1-21-5-3-19(4-6-22-2)10-13-7-12-8-15-16(24-11-23-15)9-14(12)18-17(13)20/h7-9H,3-6,10-11H2,1-2H3,(H,18,20). The molecule has 1 aliphatic heterocycles. The number of aromatic nitrogens is 1. The van der Waals surface area contributed by atoms with Crippen LogP contribution in [0.3, 0.4) is 0 Å². The zero-order valence-corrected chi connectivity index (χ0v) is 14.0. The second-order valence-corrected chi connectivity index (χ2v) is 5.68. The molecule has 3 rings (SSSR count). The fourth-order valence-electron chi connectivity index (χ4n) is 2.71. The highest BCUT2D eigenvalue weighted by molar-refractivity contribution is 5.83. The van der Waals surface area contributed by atoms with Crippen LogP contribution in [0.4, 0.5) is 0 Å². The molecule has 7 nitrogen and oxygen atoms in total. The van der Waals surface area contributed by atoms with Crippen molar-refractivity contribution in [3.63, 3.8) is 0 Å². The Balaban J connectivity index is 1.85. The highest BCUT2D eigenvalue weighted by atomic mass is 16.7.